The van der Waals surface area contributed by atoms with Crippen molar-refractivity contribution in [2.24, 2.45) is 5.73 Å². The van der Waals surface area contributed by atoms with Gasteiger partial charge < -0.3 is 11.1 Å². The Morgan fingerprint density at radius 1 is 1.19 bits per heavy atom. The molecule has 1 unspecified atom stereocenters. The molecule has 21 heavy (non-hydrogen) atoms. The van der Waals surface area contributed by atoms with E-state index in [0.717, 1.165) is 23.4 Å². The van der Waals surface area contributed by atoms with Gasteiger partial charge >= 0.3 is 6.18 Å². The second-order valence-electron chi connectivity index (χ2n) is 4.57. The number of hydrogen-bond acceptors (Lipinski definition) is 4. The van der Waals surface area contributed by atoms with Gasteiger partial charge in [0.2, 0.25) is 5.95 Å². The van der Waals surface area contributed by atoms with E-state index in [4.69, 9.17) is 5.73 Å². The molecule has 7 heteroatoms. The lowest BCUT2D eigenvalue weighted by atomic mass is 10.1. The van der Waals surface area contributed by atoms with Gasteiger partial charge in [-0.05, 0) is 24.1 Å². The molecule has 4 nitrogen and oxygen atoms in total. The van der Waals surface area contributed by atoms with Crippen molar-refractivity contribution >= 4 is 5.95 Å². The molecule has 0 spiro atoms. The second kappa shape index (κ2) is 6.09. The van der Waals surface area contributed by atoms with Gasteiger partial charge in [0.25, 0.3) is 0 Å². The molecule has 2 rings (SSSR count). The first kappa shape index (κ1) is 15.2. The van der Waals surface area contributed by atoms with Gasteiger partial charge in [-0.25, -0.2) is 9.97 Å². The highest BCUT2D eigenvalue weighted by molar-refractivity contribution is 5.33. The first-order chi connectivity index (χ1) is 9.90. The van der Waals surface area contributed by atoms with Crippen molar-refractivity contribution in [2.45, 2.75) is 25.7 Å². The largest absolute Gasteiger partial charge is 0.433 e. The summed E-state index contributed by atoms with van der Waals surface area (Å²) in [5, 5.41) is 2.85. The molecule has 0 saturated heterocycles. The molecule has 0 bridgehead atoms. The van der Waals surface area contributed by atoms with Crippen molar-refractivity contribution in [2.75, 3.05) is 5.32 Å². The molecule has 0 aliphatic carbocycles. The zero-order valence-electron chi connectivity index (χ0n) is 11.4. The molecule has 0 radical (unpaired) electrons. The molecule has 0 aliphatic heterocycles. The Morgan fingerprint density at radius 2 is 1.86 bits per heavy atom. The van der Waals surface area contributed by atoms with Crippen molar-refractivity contribution in [3.63, 3.8) is 0 Å². The smallest absolute Gasteiger partial charge is 0.348 e. The predicted octanol–water partition coefficient (Wildman–Crippen LogP) is 3.13. The first-order valence-electron chi connectivity index (χ1n) is 6.36. The summed E-state index contributed by atoms with van der Waals surface area (Å²) in [5.74, 6) is -0.0553. The summed E-state index contributed by atoms with van der Waals surface area (Å²) >= 11 is 0. The maximum atomic E-state index is 12.6. The van der Waals surface area contributed by atoms with Gasteiger partial charge in [0.1, 0.15) is 5.69 Å². The Morgan fingerprint density at radius 3 is 2.43 bits per heavy atom. The van der Waals surface area contributed by atoms with Gasteiger partial charge in [0.15, 0.2) is 0 Å². The Balaban J connectivity index is 2.13. The minimum atomic E-state index is -4.48. The van der Waals surface area contributed by atoms with Gasteiger partial charge in [0, 0.05) is 12.7 Å². The minimum Gasteiger partial charge on any atom is -0.348 e. The van der Waals surface area contributed by atoms with Crippen LogP contribution in [0.2, 0.25) is 0 Å². The predicted molar refractivity (Wildman–Crippen MR) is 73.4 cm³/mol. The standard InChI is InChI=1S/C14H15F3N4/c1-9(11-4-2-10(8-18)3-5-11)20-13-19-7-6-12(21-13)14(15,16)17/h2-7,9H,8,18H2,1H3,(H,19,20,21). The number of anilines is 1. The molecule has 0 aliphatic rings. The monoisotopic (exact) mass is 296 g/mol. The molecule has 3 N–H and O–H groups in total. The molecule has 1 aromatic heterocycles. The Hall–Kier alpha value is -2.15. The van der Waals surface area contributed by atoms with E-state index in [2.05, 4.69) is 15.3 Å². The third kappa shape index (κ3) is 3.91. The molecule has 0 fully saturated rings. The van der Waals surface area contributed by atoms with Crippen LogP contribution in [0.3, 0.4) is 0 Å². The second-order valence-corrected chi connectivity index (χ2v) is 4.57. The number of nitrogens with two attached hydrogens (primary N) is 1. The van der Waals surface area contributed by atoms with Crippen LogP contribution in [0.25, 0.3) is 0 Å². The Labute approximate surface area is 120 Å². The van der Waals surface area contributed by atoms with E-state index in [-0.39, 0.29) is 12.0 Å². The van der Waals surface area contributed by atoms with Crippen LogP contribution in [-0.2, 0) is 12.7 Å². The lowest BCUT2D eigenvalue weighted by Crippen LogP contribution is -2.13. The lowest BCUT2D eigenvalue weighted by Gasteiger charge is -2.15. The molecule has 2 aromatic rings. The number of nitrogens with one attached hydrogen (secondary N) is 1. The van der Waals surface area contributed by atoms with Crippen LogP contribution in [0.5, 0.6) is 0 Å². The quantitative estimate of drug-likeness (QED) is 0.910. The van der Waals surface area contributed by atoms with Crippen LogP contribution in [0, 0.1) is 0 Å². The Bertz CT molecular complexity index is 596. The third-order valence-electron chi connectivity index (χ3n) is 3.01. The number of alkyl halides is 3. The van der Waals surface area contributed by atoms with Crippen LogP contribution >= 0.6 is 0 Å². The molecule has 0 amide bonds. The topological polar surface area (TPSA) is 63.8 Å². The van der Waals surface area contributed by atoms with Gasteiger partial charge in [-0.15, -0.1) is 0 Å². The van der Waals surface area contributed by atoms with Gasteiger partial charge in [0.05, 0.1) is 6.04 Å². The first-order valence-corrected chi connectivity index (χ1v) is 6.36. The number of aromatic nitrogens is 2. The Kier molecular flexibility index (Phi) is 4.42. The van der Waals surface area contributed by atoms with Crippen molar-refractivity contribution in [1.29, 1.82) is 0 Å². The van der Waals surface area contributed by atoms with E-state index in [1.165, 1.54) is 0 Å². The normalized spacial score (nSPS) is 13.0. The number of nitrogens with zero attached hydrogens (tertiary/aromatic N) is 2. The van der Waals surface area contributed by atoms with Gasteiger partial charge in [-0.3, -0.25) is 0 Å². The van der Waals surface area contributed by atoms with Gasteiger partial charge in [-0.1, -0.05) is 24.3 Å². The van der Waals surface area contributed by atoms with E-state index >= 15 is 0 Å². The van der Waals surface area contributed by atoms with Crippen molar-refractivity contribution in [3.05, 3.63) is 53.3 Å². The van der Waals surface area contributed by atoms with Crippen LogP contribution < -0.4 is 11.1 Å². The fraction of sp³-hybridized carbons (Fsp3) is 0.286. The summed E-state index contributed by atoms with van der Waals surface area (Å²) in [5.41, 5.74) is 6.45. The number of rotatable bonds is 4. The van der Waals surface area contributed by atoms with Crippen molar-refractivity contribution in [3.8, 4) is 0 Å². The summed E-state index contributed by atoms with van der Waals surface area (Å²) in [7, 11) is 0. The summed E-state index contributed by atoms with van der Waals surface area (Å²) < 4.78 is 37.7. The lowest BCUT2D eigenvalue weighted by molar-refractivity contribution is -0.141. The molecular formula is C14H15F3N4. The number of hydrogen-bond donors (Lipinski definition) is 2. The average molecular weight is 296 g/mol. The van der Waals surface area contributed by atoms with E-state index in [1.54, 1.807) is 0 Å². The highest BCUT2D eigenvalue weighted by Crippen LogP contribution is 2.28. The van der Waals surface area contributed by atoms with E-state index in [1.807, 2.05) is 31.2 Å². The van der Waals surface area contributed by atoms with Crippen LogP contribution in [0.4, 0.5) is 19.1 Å². The van der Waals surface area contributed by atoms with Gasteiger partial charge in [-0.2, -0.15) is 13.2 Å². The number of benzene rings is 1. The molecule has 0 saturated carbocycles. The zero-order chi connectivity index (χ0) is 15.5. The van der Waals surface area contributed by atoms with E-state index in [9.17, 15) is 13.2 Å². The third-order valence-corrected chi connectivity index (χ3v) is 3.01. The van der Waals surface area contributed by atoms with E-state index < -0.39 is 11.9 Å². The van der Waals surface area contributed by atoms with Crippen LogP contribution in [0.1, 0.15) is 29.8 Å². The molecule has 112 valence electrons. The zero-order valence-corrected chi connectivity index (χ0v) is 11.4. The summed E-state index contributed by atoms with van der Waals surface area (Å²) in [6.45, 7) is 2.26. The maximum Gasteiger partial charge on any atom is 0.433 e. The summed E-state index contributed by atoms with van der Waals surface area (Å²) in [4.78, 5) is 7.29. The van der Waals surface area contributed by atoms with E-state index in [0.29, 0.717) is 6.54 Å². The summed E-state index contributed by atoms with van der Waals surface area (Å²) in [6.07, 6.45) is -3.40. The van der Waals surface area contributed by atoms with Crippen molar-refractivity contribution in [1.82, 2.24) is 9.97 Å². The molecule has 1 heterocycles. The highest BCUT2D eigenvalue weighted by atomic mass is 19.4. The SMILES string of the molecule is CC(Nc1nccc(C(F)(F)F)n1)c1ccc(CN)cc1. The highest BCUT2D eigenvalue weighted by Gasteiger charge is 2.32. The van der Waals surface area contributed by atoms with Crippen LogP contribution in [0.15, 0.2) is 36.5 Å². The summed E-state index contributed by atoms with van der Waals surface area (Å²) in [6, 6.07) is 8.11. The average Bonchev–Trinajstić information content (AvgIpc) is 2.47. The number of halogens is 3. The molecular weight excluding hydrogens is 281 g/mol. The minimum absolute atomic E-state index is 0.0553. The fourth-order valence-electron chi connectivity index (χ4n) is 1.81. The molecule has 1 aromatic carbocycles. The van der Waals surface area contributed by atoms with Crippen LogP contribution in [-0.4, -0.2) is 9.97 Å². The molecule has 1 atom stereocenters. The fourth-order valence-corrected chi connectivity index (χ4v) is 1.81. The van der Waals surface area contributed by atoms with Crippen molar-refractivity contribution < 1.29 is 13.2 Å². The maximum absolute atomic E-state index is 12.6.